The summed E-state index contributed by atoms with van der Waals surface area (Å²) in [5.41, 5.74) is 0.0652. The molecule has 3 rings (SSSR count). The van der Waals surface area contributed by atoms with Crippen LogP contribution in [0, 0.1) is 0 Å². The number of carboxylic acids is 1. The van der Waals surface area contributed by atoms with Crippen molar-refractivity contribution >= 4 is 28.3 Å². The molecule has 0 unspecified atom stereocenters. The molecule has 5 heteroatoms. The third kappa shape index (κ3) is 2.66. The number of ether oxygens (including phenoxy) is 1. The van der Waals surface area contributed by atoms with Gasteiger partial charge < -0.3 is 9.84 Å². The second-order valence-corrected chi connectivity index (χ2v) is 4.80. The van der Waals surface area contributed by atoms with Crippen LogP contribution in [0.2, 0.25) is 5.02 Å². The number of fused-ring (bicyclic) bond motifs is 1. The maximum Gasteiger partial charge on any atom is 0.339 e. The molecule has 0 amide bonds. The normalized spacial score (nSPS) is 10.5. The highest BCUT2D eigenvalue weighted by atomic mass is 35.5. The summed E-state index contributed by atoms with van der Waals surface area (Å²) < 4.78 is 5.59. The summed E-state index contributed by atoms with van der Waals surface area (Å²) in [5.74, 6) is -0.679. The Hall–Kier alpha value is -2.59. The standard InChI is InChI=1S/C16H10ClNO3/c17-13-6-3-7-18-15(13)21-14-9-11-5-2-1-4-10(11)8-12(14)16(19)20/h1-9H,(H,19,20). The van der Waals surface area contributed by atoms with Gasteiger partial charge in [0, 0.05) is 6.20 Å². The van der Waals surface area contributed by atoms with Crippen molar-refractivity contribution in [1.82, 2.24) is 4.98 Å². The van der Waals surface area contributed by atoms with Gasteiger partial charge in [-0.2, -0.15) is 0 Å². The molecule has 0 fully saturated rings. The predicted molar refractivity (Wildman–Crippen MR) is 80.2 cm³/mol. The molecular weight excluding hydrogens is 290 g/mol. The maximum atomic E-state index is 11.4. The number of rotatable bonds is 3. The molecule has 2 aromatic carbocycles. The van der Waals surface area contributed by atoms with Crippen molar-refractivity contribution in [2.24, 2.45) is 0 Å². The first-order chi connectivity index (χ1) is 10.1. The number of pyridine rings is 1. The van der Waals surface area contributed by atoms with Crippen LogP contribution in [0.15, 0.2) is 54.7 Å². The Balaban J connectivity index is 2.14. The molecule has 0 atom stereocenters. The average molecular weight is 300 g/mol. The van der Waals surface area contributed by atoms with Crippen LogP contribution in [-0.2, 0) is 0 Å². The topological polar surface area (TPSA) is 59.4 Å². The number of aromatic nitrogens is 1. The lowest BCUT2D eigenvalue weighted by molar-refractivity contribution is 0.0694. The highest BCUT2D eigenvalue weighted by molar-refractivity contribution is 6.31. The zero-order valence-corrected chi connectivity index (χ0v) is 11.5. The van der Waals surface area contributed by atoms with Crippen LogP contribution in [0.4, 0.5) is 0 Å². The molecule has 0 aliphatic heterocycles. The van der Waals surface area contributed by atoms with E-state index in [9.17, 15) is 9.90 Å². The molecule has 104 valence electrons. The van der Waals surface area contributed by atoms with Crippen molar-refractivity contribution < 1.29 is 14.6 Å². The quantitative estimate of drug-likeness (QED) is 0.779. The molecule has 1 heterocycles. The fourth-order valence-corrected chi connectivity index (χ4v) is 2.18. The number of hydrogen-bond donors (Lipinski definition) is 1. The number of benzene rings is 2. The lowest BCUT2D eigenvalue weighted by Gasteiger charge is -2.10. The van der Waals surface area contributed by atoms with Crippen molar-refractivity contribution in [3.8, 4) is 11.6 Å². The second-order valence-electron chi connectivity index (χ2n) is 4.39. The fraction of sp³-hybridized carbons (Fsp3) is 0. The maximum absolute atomic E-state index is 11.4. The molecule has 3 aromatic rings. The van der Waals surface area contributed by atoms with E-state index in [1.54, 1.807) is 24.3 Å². The average Bonchev–Trinajstić information content (AvgIpc) is 2.48. The minimum atomic E-state index is -1.07. The lowest BCUT2D eigenvalue weighted by atomic mass is 10.1. The van der Waals surface area contributed by atoms with Crippen LogP contribution in [-0.4, -0.2) is 16.1 Å². The van der Waals surface area contributed by atoms with Crippen LogP contribution in [0.3, 0.4) is 0 Å². The largest absolute Gasteiger partial charge is 0.478 e. The van der Waals surface area contributed by atoms with E-state index < -0.39 is 5.97 Å². The first-order valence-corrected chi connectivity index (χ1v) is 6.57. The molecule has 1 N–H and O–H groups in total. The van der Waals surface area contributed by atoms with Gasteiger partial charge in [0.2, 0.25) is 5.88 Å². The van der Waals surface area contributed by atoms with Gasteiger partial charge in [-0.1, -0.05) is 35.9 Å². The monoisotopic (exact) mass is 299 g/mol. The molecule has 0 aliphatic carbocycles. The highest BCUT2D eigenvalue weighted by Crippen LogP contribution is 2.32. The molecule has 0 spiro atoms. The first kappa shape index (κ1) is 13.4. The first-order valence-electron chi connectivity index (χ1n) is 6.19. The molecule has 4 nitrogen and oxygen atoms in total. The molecule has 0 bridgehead atoms. The Bertz CT molecular complexity index is 833. The minimum absolute atomic E-state index is 0.0652. The van der Waals surface area contributed by atoms with Gasteiger partial charge in [0.25, 0.3) is 0 Å². The van der Waals surface area contributed by atoms with E-state index in [0.29, 0.717) is 5.02 Å². The zero-order valence-electron chi connectivity index (χ0n) is 10.8. The van der Waals surface area contributed by atoms with Crippen LogP contribution in [0.25, 0.3) is 10.8 Å². The third-order valence-corrected chi connectivity index (χ3v) is 3.30. The molecule has 0 radical (unpaired) electrons. The number of aromatic carboxylic acids is 1. The summed E-state index contributed by atoms with van der Waals surface area (Å²) in [5, 5.41) is 11.4. The van der Waals surface area contributed by atoms with Gasteiger partial charge in [0.15, 0.2) is 0 Å². The van der Waals surface area contributed by atoms with Crippen molar-refractivity contribution in [2.75, 3.05) is 0 Å². The molecule has 1 aromatic heterocycles. The lowest BCUT2D eigenvalue weighted by Crippen LogP contribution is -2.01. The Morgan fingerprint density at radius 1 is 1.10 bits per heavy atom. The van der Waals surface area contributed by atoms with Gasteiger partial charge in [-0.3, -0.25) is 0 Å². The van der Waals surface area contributed by atoms with E-state index in [1.807, 2.05) is 24.3 Å². The van der Waals surface area contributed by atoms with Gasteiger partial charge in [0.1, 0.15) is 16.3 Å². The number of hydrogen-bond acceptors (Lipinski definition) is 3. The van der Waals surface area contributed by atoms with Crippen molar-refractivity contribution in [3.05, 3.63) is 65.3 Å². The van der Waals surface area contributed by atoms with E-state index in [0.717, 1.165) is 10.8 Å². The SMILES string of the molecule is O=C(O)c1cc2ccccc2cc1Oc1ncccc1Cl. The van der Waals surface area contributed by atoms with Gasteiger partial charge in [-0.15, -0.1) is 0 Å². The Labute approximate surface area is 125 Å². The predicted octanol–water partition coefficient (Wildman–Crippen LogP) is 4.38. The van der Waals surface area contributed by atoms with Crippen molar-refractivity contribution in [2.45, 2.75) is 0 Å². The van der Waals surface area contributed by atoms with Crippen LogP contribution in [0.1, 0.15) is 10.4 Å². The van der Waals surface area contributed by atoms with E-state index >= 15 is 0 Å². The summed E-state index contributed by atoms with van der Waals surface area (Å²) in [6, 6.07) is 14.0. The third-order valence-electron chi connectivity index (χ3n) is 3.01. The Morgan fingerprint density at radius 2 is 1.81 bits per heavy atom. The van der Waals surface area contributed by atoms with Crippen molar-refractivity contribution in [1.29, 1.82) is 0 Å². The summed E-state index contributed by atoms with van der Waals surface area (Å²) in [7, 11) is 0. The van der Waals surface area contributed by atoms with E-state index in [2.05, 4.69) is 4.98 Å². The van der Waals surface area contributed by atoms with Gasteiger partial charge in [-0.25, -0.2) is 9.78 Å². The summed E-state index contributed by atoms with van der Waals surface area (Å²) in [6.07, 6.45) is 1.53. The molecule has 0 saturated carbocycles. The number of carbonyl (C=O) groups is 1. The van der Waals surface area contributed by atoms with Crippen LogP contribution >= 0.6 is 11.6 Å². The van der Waals surface area contributed by atoms with E-state index in [1.165, 1.54) is 6.20 Å². The van der Waals surface area contributed by atoms with Gasteiger partial charge >= 0.3 is 5.97 Å². The summed E-state index contributed by atoms with van der Waals surface area (Å²) in [6.45, 7) is 0. The number of nitrogens with zero attached hydrogens (tertiary/aromatic N) is 1. The van der Waals surface area contributed by atoms with Crippen molar-refractivity contribution in [3.63, 3.8) is 0 Å². The van der Waals surface area contributed by atoms with E-state index in [-0.39, 0.29) is 17.2 Å². The summed E-state index contributed by atoms with van der Waals surface area (Å²) >= 11 is 5.99. The van der Waals surface area contributed by atoms with Crippen LogP contribution in [0.5, 0.6) is 11.6 Å². The Kier molecular flexibility index (Phi) is 3.46. The summed E-state index contributed by atoms with van der Waals surface area (Å²) in [4.78, 5) is 15.4. The Morgan fingerprint density at radius 3 is 2.48 bits per heavy atom. The second kappa shape index (κ2) is 5.42. The number of carboxylic acid groups (broad SMARTS) is 1. The van der Waals surface area contributed by atoms with Gasteiger partial charge in [0.05, 0.1) is 0 Å². The minimum Gasteiger partial charge on any atom is -0.478 e. The van der Waals surface area contributed by atoms with Crippen LogP contribution < -0.4 is 4.74 Å². The van der Waals surface area contributed by atoms with Gasteiger partial charge in [-0.05, 0) is 35.0 Å². The zero-order chi connectivity index (χ0) is 14.8. The fourth-order valence-electron chi connectivity index (χ4n) is 2.02. The van der Waals surface area contributed by atoms with E-state index in [4.69, 9.17) is 16.3 Å². The number of halogens is 1. The molecule has 0 aliphatic rings. The highest BCUT2D eigenvalue weighted by Gasteiger charge is 2.15. The molecule has 0 saturated heterocycles. The smallest absolute Gasteiger partial charge is 0.339 e. The molecule has 21 heavy (non-hydrogen) atoms. The molecular formula is C16H10ClNO3.